The number of ether oxygens (including phenoxy) is 1. The zero-order valence-electron chi connectivity index (χ0n) is 18.1. The van der Waals surface area contributed by atoms with Gasteiger partial charge in [0.2, 0.25) is 0 Å². The van der Waals surface area contributed by atoms with Crippen LogP contribution in [-0.2, 0) is 14.3 Å². The van der Waals surface area contributed by atoms with E-state index in [1.165, 1.54) is 0 Å². The maximum absolute atomic E-state index is 13.3. The number of aromatic hydroxyl groups is 1. The molecule has 2 N–H and O–H groups in total. The van der Waals surface area contributed by atoms with Gasteiger partial charge in [-0.3, -0.25) is 4.79 Å². The van der Waals surface area contributed by atoms with Crippen molar-refractivity contribution in [2.75, 3.05) is 6.61 Å². The predicted octanol–water partition coefficient (Wildman–Crippen LogP) is 4.70. The number of allylic oxidation sites excluding steroid dienone is 2. The van der Waals surface area contributed by atoms with E-state index in [4.69, 9.17) is 4.74 Å². The summed E-state index contributed by atoms with van der Waals surface area (Å²) >= 11 is 0. The van der Waals surface area contributed by atoms with Gasteiger partial charge in [-0.1, -0.05) is 56.3 Å². The van der Waals surface area contributed by atoms with Crippen LogP contribution in [0.25, 0.3) is 5.70 Å². The maximum atomic E-state index is 13.3. The first-order valence-electron chi connectivity index (χ1n) is 10.6. The van der Waals surface area contributed by atoms with Gasteiger partial charge in [0.1, 0.15) is 5.75 Å². The fourth-order valence-electron chi connectivity index (χ4n) is 4.59. The zero-order chi connectivity index (χ0) is 22.2. The molecule has 0 bridgehead atoms. The molecule has 5 heteroatoms. The topological polar surface area (TPSA) is 75.6 Å². The second kappa shape index (κ2) is 8.06. The molecule has 1 aliphatic carbocycles. The van der Waals surface area contributed by atoms with Crippen LogP contribution in [0.5, 0.6) is 5.75 Å². The van der Waals surface area contributed by atoms with Crippen LogP contribution in [0.15, 0.2) is 71.4 Å². The van der Waals surface area contributed by atoms with Crippen molar-refractivity contribution in [3.63, 3.8) is 0 Å². The summed E-state index contributed by atoms with van der Waals surface area (Å²) in [5, 5.41) is 13.6. The Hall–Kier alpha value is -3.34. The molecule has 2 aliphatic rings. The van der Waals surface area contributed by atoms with E-state index >= 15 is 0 Å². The summed E-state index contributed by atoms with van der Waals surface area (Å²) in [5.41, 5.74) is 3.82. The molecule has 1 heterocycles. The number of rotatable bonds is 4. The quantitative estimate of drug-likeness (QED) is 0.706. The molecule has 2 aromatic carbocycles. The van der Waals surface area contributed by atoms with Crippen molar-refractivity contribution in [3.8, 4) is 5.75 Å². The van der Waals surface area contributed by atoms with Gasteiger partial charge >= 0.3 is 5.97 Å². The number of nitrogens with one attached hydrogen (secondary N) is 1. The average Bonchev–Trinajstić information content (AvgIpc) is 2.72. The molecule has 0 fully saturated rings. The maximum Gasteiger partial charge on any atom is 0.337 e. The second-order valence-electron chi connectivity index (χ2n) is 8.86. The Labute approximate surface area is 182 Å². The van der Waals surface area contributed by atoms with E-state index < -0.39 is 11.9 Å². The van der Waals surface area contributed by atoms with Crippen molar-refractivity contribution in [2.24, 2.45) is 5.41 Å². The zero-order valence-corrected chi connectivity index (χ0v) is 18.1. The van der Waals surface area contributed by atoms with E-state index in [9.17, 15) is 14.7 Å². The number of Topliss-reactive ketones (excluding diaryl/α,β-unsaturated/α-hetero) is 1. The molecule has 0 radical (unpaired) electrons. The highest BCUT2D eigenvalue weighted by Gasteiger charge is 2.44. The summed E-state index contributed by atoms with van der Waals surface area (Å²) < 4.78 is 5.44. The SMILES string of the molecule is CCOC(=O)C1=C(c2ccccc2)NC2=C(C(=O)CC(C)(C)C2)[C@H]1c1cccc(O)c1. The van der Waals surface area contributed by atoms with Crippen LogP contribution >= 0.6 is 0 Å². The smallest absolute Gasteiger partial charge is 0.337 e. The van der Waals surface area contributed by atoms with Gasteiger partial charge in [0.25, 0.3) is 0 Å². The van der Waals surface area contributed by atoms with Gasteiger partial charge in [-0.05, 0) is 42.0 Å². The van der Waals surface area contributed by atoms with Crippen LogP contribution in [0.1, 0.15) is 50.7 Å². The molecular formula is C26H27NO4. The molecule has 4 rings (SSSR count). The molecule has 0 unspecified atom stereocenters. The lowest BCUT2D eigenvalue weighted by molar-refractivity contribution is -0.138. The normalized spacial score (nSPS) is 20.2. The highest BCUT2D eigenvalue weighted by Crippen LogP contribution is 2.48. The molecule has 1 aliphatic heterocycles. The second-order valence-corrected chi connectivity index (χ2v) is 8.86. The number of hydrogen-bond donors (Lipinski definition) is 2. The van der Waals surface area contributed by atoms with E-state index in [2.05, 4.69) is 19.2 Å². The minimum atomic E-state index is -0.610. The lowest BCUT2D eigenvalue weighted by Gasteiger charge is -2.40. The lowest BCUT2D eigenvalue weighted by Crippen LogP contribution is -2.38. The summed E-state index contributed by atoms with van der Waals surface area (Å²) in [6.07, 6.45) is 1.09. The first-order valence-corrected chi connectivity index (χ1v) is 10.6. The van der Waals surface area contributed by atoms with Crippen LogP contribution in [0.4, 0.5) is 0 Å². The number of dihydropyridines is 1. The van der Waals surface area contributed by atoms with Crippen LogP contribution in [0.2, 0.25) is 0 Å². The fraction of sp³-hybridized carbons (Fsp3) is 0.308. The summed E-state index contributed by atoms with van der Waals surface area (Å²) in [5.74, 6) is -0.972. The van der Waals surface area contributed by atoms with Crippen LogP contribution in [0, 0.1) is 5.41 Å². The van der Waals surface area contributed by atoms with Crippen molar-refractivity contribution >= 4 is 17.4 Å². The molecule has 0 saturated heterocycles. The monoisotopic (exact) mass is 417 g/mol. The number of carbonyl (C=O) groups excluding carboxylic acids is 2. The largest absolute Gasteiger partial charge is 0.508 e. The minimum Gasteiger partial charge on any atom is -0.508 e. The van der Waals surface area contributed by atoms with Gasteiger partial charge in [-0.15, -0.1) is 0 Å². The number of carbonyl (C=O) groups is 2. The van der Waals surface area contributed by atoms with Crippen LogP contribution in [0.3, 0.4) is 0 Å². The summed E-state index contributed by atoms with van der Waals surface area (Å²) in [4.78, 5) is 26.6. The van der Waals surface area contributed by atoms with Crippen molar-refractivity contribution in [3.05, 3.63) is 82.6 Å². The molecule has 160 valence electrons. The van der Waals surface area contributed by atoms with Crippen LogP contribution < -0.4 is 5.32 Å². The molecule has 0 spiro atoms. The van der Waals surface area contributed by atoms with Crippen molar-refractivity contribution < 1.29 is 19.4 Å². The van der Waals surface area contributed by atoms with Crippen LogP contribution in [-0.4, -0.2) is 23.5 Å². The average molecular weight is 418 g/mol. The Morgan fingerprint density at radius 1 is 1.13 bits per heavy atom. The van der Waals surface area contributed by atoms with E-state index in [1.807, 2.05) is 36.4 Å². The van der Waals surface area contributed by atoms with Crippen molar-refractivity contribution in [2.45, 2.75) is 39.5 Å². The Morgan fingerprint density at radius 3 is 2.55 bits per heavy atom. The summed E-state index contributed by atoms with van der Waals surface area (Å²) in [7, 11) is 0. The molecule has 0 aromatic heterocycles. The van der Waals surface area contributed by atoms with E-state index in [1.54, 1.807) is 25.1 Å². The molecule has 0 saturated carbocycles. The number of ketones is 1. The molecule has 5 nitrogen and oxygen atoms in total. The lowest BCUT2D eigenvalue weighted by atomic mass is 9.68. The Balaban J connectivity index is 2.00. The molecule has 1 atom stereocenters. The fourth-order valence-corrected chi connectivity index (χ4v) is 4.59. The summed E-state index contributed by atoms with van der Waals surface area (Å²) in [6, 6.07) is 16.4. The number of phenols is 1. The van der Waals surface area contributed by atoms with Gasteiger partial charge < -0.3 is 15.2 Å². The number of phenolic OH excluding ortho intramolecular Hbond substituents is 1. The van der Waals surface area contributed by atoms with Crippen molar-refractivity contribution in [1.82, 2.24) is 5.32 Å². The van der Waals surface area contributed by atoms with Gasteiger partial charge in [-0.2, -0.15) is 0 Å². The Kier molecular flexibility index (Phi) is 5.44. The third-order valence-electron chi connectivity index (χ3n) is 5.80. The van der Waals surface area contributed by atoms with Gasteiger partial charge in [-0.25, -0.2) is 4.79 Å². The number of benzene rings is 2. The minimum absolute atomic E-state index is 0.0148. The van der Waals surface area contributed by atoms with Gasteiger partial charge in [0.05, 0.1) is 17.9 Å². The van der Waals surface area contributed by atoms with Crippen molar-refractivity contribution in [1.29, 1.82) is 0 Å². The third kappa shape index (κ3) is 4.00. The predicted molar refractivity (Wildman–Crippen MR) is 119 cm³/mol. The Bertz CT molecular complexity index is 1100. The van der Waals surface area contributed by atoms with E-state index in [0.717, 1.165) is 11.3 Å². The third-order valence-corrected chi connectivity index (χ3v) is 5.80. The van der Waals surface area contributed by atoms with Gasteiger partial charge in [0, 0.05) is 23.6 Å². The summed E-state index contributed by atoms with van der Waals surface area (Å²) in [6.45, 7) is 6.14. The molecule has 2 aromatic rings. The molecule has 0 amide bonds. The van der Waals surface area contributed by atoms with E-state index in [0.29, 0.717) is 35.2 Å². The molecule has 31 heavy (non-hydrogen) atoms. The number of esters is 1. The standard InChI is InChI=1S/C26H27NO4/c1-4-31-25(30)23-21(17-11-8-12-18(28)13-17)22-19(14-26(2,3)15-20(22)29)27-24(23)16-9-6-5-7-10-16/h5-13,21,27-28H,4,14-15H2,1-3H3/t21-/m1/s1. The first kappa shape index (κ1) is 20.9. The molecular weight excluding hydrogens is 390 g/mol. The highest BCUT2D eigenvalue weighted by molar-refractivity contribution is 6.08. The van der Waals surface area contributed by atoms with E-state index in [-0.39, 0.29) is 23.6 Å². The first-order chi connectivity index (χ1) is 14.8. The van der Waals surface area contributed by atoms with Gasteiger partial charge in [0.15, 0.2) is 5.78 Å². The Morgan fingerprint density at radius 2 is 1.87 bits per heavy atom. The highest BCUT2D eigenvalue weighted by atomic mass is 16.5. The number of hydrogen-bond acceptors (Lipinski definition) is 5.